The Morgan fingerprint density at radius 1 is 1.26 bits per heavy atom. The minimum absolute atomic E-state index is 0.101. The van der Waals surface area contributed by atoms with E-state index in [9.17, 15) is 4.79 Å². The van der Waals surface area contributed by atoms with Crippen LogP contribution in [0, 0.1) is 5.92 Å². The average Bonchev–Trinajstić information content (AvgIpc) is 2.38. The van der Waals surface area contributed by atoms with Gasteiger partial charge in [-0.1, -0.05) is 31.2 Å². The molecule has 0 amide bonds. The largest absolute Gasteiger partial charge is 0.481 e. The normalized spacial score (nSPS) is 13.3. The number of aliphatic carboxylic acids is 1. The van der Waals surface area contributed by atoms with Crippen LogP contribution >= 0.6 is 0 Å². The zero-order valence-corrected chi connectivity index (χ0v) is 12.3. The van der Waals surface area contributed by atoms with Crippen molar-refractivity contribution < 1.29 is 14.6 Å². The molecule has 3 nitrogen and oxygen atoms in total. The van der Waals surface area contributed by atoms with Crippen LogP contribution in [0.2, 0.25) is 0 Å². The number of methoxy groups -OCH3 is 1. The fourth-order valence-corrected chi connectivity index (χ4v) is 1.83. The zero-order chi connectivity index (χ0) is 14.5. The maximum atomic E-state index is 10.8. The van der Waals surface area contributed by atoms with Crippen LogP contribution in [0.4, 0.5) is 0 Å². The van der Waals surface area contributed by atoms with E-state index in [1.807, 2.05) is 12.1 Å². The minimum Gasteiger partial charge on any atom is -0.481 e. The molecule has 0 aliphatic carbocycles. The van der Waals surface area contributed by atoms with Gasteiger partial charge >= 0.3 is 5.97 Å². The molecule has 0 aliphatic heterocycles. The highest BCUT2D eigenvalue weighted by molar-refractivity contribution is 5.69. The molecule has 0 spiro atoms. The molecule has 1 unspecified atom stereocenters. The predicted octanol–water partition coefficient (Wildman–Crippen LogP) is 3.31. The lowest BCUT2D eigenvalue weighted by Crippen LogP contribution is -2.22. The van der Waals surface area contributed by atoms with Crippen molar-refractivity contribution in [1.29, 1.82) is 0 Å². The van der Waals surface area contributed by atoms with Crippen LogP contribution in [-0.2, 0) is 22.4 Å². The van der Waals surface area contributed by atoms with E-state index in [0.29, 0.717) is 6.42 Å². The quantitative estimate of drug-likeness (QED) is 0.822. The number of carboxylic acids is 1. The van der Waals surface area contributed by atoms with Crippen LogP contribution in [0.3, 0.4) is 0 Å². The van der Waals surface area contributed by atoms with E-state index in [-0.39, 0.29) is 11.5 Å². The summed E-state index contributed by atoms with van der Waals surface area (Å²) in [6, 6.07) is 8.20. The Labute approximate surface area is 115 Å². The Morgan fingerprint density at radius 2 is 1.79 bits per heavy atom. The molecule has 0 heterocycles. The minimum atomic E-state index is -0.745. The first kappa shape index (κ1) is 15.7. The summed E-state index contributed by atoms with van der Waals surface area (Å²) in [7, 11) is 1.73. The first-order valence-corrected chi connectivity index (χ1v) is 6.70. The highest BCUT2D eigenvalue weighted by Gasteiger charge is 2.16. The number of hydrogen-bond acceptors (Lipinski definition) is 2. The lowest BCUT2D eigenvalue weighted by Gasteiger charge is -2.22. The van der Waals surface area contributed by atoms with Gasteiger partial charge in [0.15, 0.2) is 0 Å². The van der Waals surface area contributed by atoms with Crippen LogP contribution in [-0.4, -0.2) is 23.8 Å². The third kappa shape index (κ3) is 5.43. The number of aryl methyl sites for hydroxylation is 1. The number of carboxylic acid groups (broad SMARTS) is 1. The molecule has 19 heavy (non-hydrogen) atoms. The second-order valence-electron chi connectivity index (χ2n) is 5.72. The predicted molar refractivity (Wildman–Crippen MR) is 76.4 cm³/mol. The monoisotopic (exact) mass is 264 g/mol. The van der Waals surface area contributed by atoms with E-state index in [1.54, 1.807) is 14.0 Å². The van der Waals surface area contributed by atoms with E-state index in [4.69, 9.17) is 9.84 Å². The maximum Gasteiger partial charge on any atom is 0.306 e. The molecule has 1 aromatic rings. The SMILES string of the molecule is COC(C)(C)CCc1ccc(CC(C)C(=O)O)cc1. The molecule has 1 atom stereocenters. The molecule has 0 saturated carbocycles. The van der Waals surface area contributed by atoms with Gasteiger partial charge in [-0.05, 0) is 44.2 Å². The van der Waals surface area contributed by atoms with Gasteiger partial charge < -0.3 is 9.84 Å². The van der Waals surface area contributed by atoms with E-state index in [2.05, 4.69) is 26.0 Å². The van der Waals surface area contributed by atoms with E-state index in [0.717, 1.165) is 18.4 Å². The Hall–Kier alpha value is -1.35. The van der Waals surface area contributed by atoms with Crippen molar-refractivity contribution in [1.82, 2.24) is 0 Å². The highest BCUT2D eigenvalue weighted by atomic mass is 16.5. The second-order valence-corrected chi connectivity index (χ2v) is 5.72. The van der Waals surface area contributed by atoms with Gasteiger partial charge in [0, 0.05) is 7.11 Å². The molecule has 1 N–H and O–H groups in total. The van der Waals surface area contributed by atoms with Crippen molar-refractivity contribution in [3.63, 3.8) is 0 Å². The number of rotatable bonds is 7. The second kappa shape index (κ2) is 6.71. The van der Waals surface area contributed by atoms with Crippen LogP contribution in [0.15, 0.2) is 24.3 Å². The molecule has 0 aromatic heterocycles. The van der Waals surface area contributed by atoms with Crippen LogP contribution in [0.25, 0.3) is 0 Å². The van der Waals surface area contributed by atoms with Crippen molar-refractivity contribution in [3.05, 3.63) is 35.4 Å². The Bertz CT molecular complexity index is 407. The molecule has 1 rings (SSSR count). The van der Waals surface area contributed by atoms with Gasteiger partial charge in [-0.15, -0.1) is 0 Å². The van der Waals surface area contributed by atoms with Crippen LogP contribution < -0.4 is 0 Å². The smallest absolute Gasteiger partial charge is 0.306 e. The molecule has 0 bridgehead atoms. The summed E-state index contributed by atoms with van der Waals surface area (Å²) < 4.78 is 5.40. The van der Waals surface area contributed by atoms with Crippen molar-refractivity contribution >= 4 is 5.97 Å². The van der Waals surface area contributed by atoms with E-state index >= 15 is 0 Å². The van der Waals surface area contributed by atoms with Gasteiger partial charge in [-0.3, -0.25) is 4.79 Å². The van der Waals surface area contributed by atoms with Gasteiger partial charge in [-0.25, -0.2) is 0 Å². The van der Waals surface area contributed by atoms with Gasteiger partial charge in [0.05, 0.1) is 11.5 Å². The van der Waals surface area contributed by atoms with Crippen molar-refractivity contribution in [3.8, 4) is 0 Å². The summed E-state index contributed by atoms with van der Waals surface area (Å²) in [6.07, 6.45) is 2.52. The third-order valence-corrected chi connectivity index (χ3v) is 3.55. The van der Waals surface area contributed by atoms with Gasteiger partial charge in [0.2, 0.25) is 0 Å². The molecule has 0 fully saturated rings. The van der Waals surface area contributed by atoms with Crippen LogP contribution in [0.5, 0.6) is 0 Å². The third-order valence-electron chi connectivity index (χ3n) is 3.55. The summed E-state index contributed by atoms with van der Waals surface area (Å²) in [4.78, 5) is 10.8. The van der Waals surface area contributed by atoms with Crippen molar-refractivity contribution in [2.75, 3.05) is 7.11 Å². The number of hydrogen-bond donors (Lipinski definition) is 1. The first-order chi connectivity index (χ1) is 8.84. The van der Waals surface area contributed by atoms with Crippen LogP contribution in [0.1, 0.15) is 38.3 Å². The fourth-order valence-electron chi connectivity index (χ4n) is 1.83. The molecular weight excluding hydrogens is 240 g/mol. The highest BCUT2D eigenvalue weighted by Crippen LogP contribution is 2.18. The summed E-state index contributed by atoms with van der Waals surface area (Å²) in [5.74, 6) is -1.08. The topological polar surface area (TPSA) is 46.5 Å². The summed E-state index contributed by atoms with van der Waals surface area (Å²) in [5, 5.41) is 8.88. The number of ether oxygens (including phenoxy) is 1. The van der Waals surface area contributed by atoms with Gasteiger partial charge in [0.25, 0.3) is 0 Å². The summed E-state index contributed by atoms with van der Waals surface area (Å²) in [5.41, 5.74) is 2.23. The van der Waals surface area contributed by atoms with Gasteiger partial charge in [0.1, 0.15) is 0 Å². The van der Waals surface area contributed by atoms with E-state index in [1.165, 1.54) is 5.56 Å². The zero-order valence-electron chi connectivity index (χ0n) is 12.3. The Kier molecular flexibility index (Phi) is 5.55. The summed E-state index contributed by atoms with van der Waals surface area (Å²) >= 11 is 0. The standard InChI is InChI=1S/C16H24O3/c1-12(15(17)18)11-14-7-5-13(6-8-14)9-10-16(2,3)19-4/h5-8,12H,9-11H2,1-4H3,(H,17,18). The van der Waals surface area contributed by atoms with E-state index < -0.39 is 5.97 Å². The average molecular weight is 264 g/mol. The first-order valence-electron chi connectivity index (χ1n) is 6.70. The Morgan fingerprint density at radius 3 is 2.26 bits per heavy atom. The molecule has 106 valence electrons. The fraction of sp³-hybridized carbons (Fsp3) is 0.562. The summed E-state index contributed by atoms with van der Waals surface area (Å²) in [6.45, 7) is 5.89. The Balaban J connectivity index is 2.55. The molecule has 0 aliphatic rings. The molecular formula is C16H24O3. The molecule has 0 radical (unpaired) electrons. The van der Waals surface area contributed by atoms with Gasteiger partial charge in [-0.2, -0.15) is 0 Å². The molecule has 1 aromatic carbocycles. The molecule has 0 saturated heterocycles. The van der Waals surface area contributed by atoms with Crippen molar-refractivity contribution in [2.45, 2.75) is 45.6 Å². The van der Waals surface area contributed by atoms with Crippen molar-refractivity contribution in [2.24, 2.45) is 5.92 Å². The number of benzene rings is 1. The molecule has 3 heteroatoms. The lowest BCUT2D eigenvalue weighted by atomic mass is 9.96. The lowest BCUT2D eigenvalue weighted by molar-refractivity contribution is -0.141. The maximum absolute atomic E-state index is 10.8. The number of carbonyl (C=O) groups is 1.